The first-order valence-corrected chi connectivity index (χ1v) is 6.55. The molecule has 0 aliphatic heterocycles. The fourth-order valence-electron chi connectivity index (χ4n) is 1.86. The van der Waals surface area contributed by atoms with Crippen molar-refractivity contribution in [1.29, 1.82) is 0 Å². The number of hydrogen-bond acceptors (Lipinski definition) is 4. The SMILES string of the molecule is Cc1nc(C)c(C(C)NCc2cn[nH]c2C)s1. The Balaban J connectivity index is 2.00. The zero-order chi connectivity index (χ0) is 12.4. The number of nitrogens with one attached hydrogen (secondary N) is 2. The minimum atomic E-state index is 0.329. The monoisotopic (exact) mass is 250 g/mol. The van der Waals surface area contributed by atoms with E-state index in [1.165, 1.54) is 10.4 Å². The second kappa shape index (κ2) is 4.98. The third-order valence-electron chi connectivity index (χ3n) is 2.87. The second-order valence-electron chi connectivity index (χ2n) is 4.31. The zero-order valence-corrected chi connectivity index (χ0v) is 11.5. The van der Waals surface area contributed by atoms with E-state index in [2.05, 4.69) is 34.3 Å². The van der Waals surface area contributed by atoms with Gasteiger partial charge in [-0.1, -0.05) is 0 Å². The van der Waals surface area contributed by atoms with Gasteiger partial charge in [0.1, 0.15) is 0 Å². The number of H-pyrrole nitrogens is 1. The molecule has 0 amide bonds. The van der Waals surface area contributed by atoms with Gasteiger partial charge in [0.2, 0.25) is 0 Å². The third-order valence-corrected chi connectivity index (χ3v) is 4.12. The molecule has 0 fully saturated rings. The molecule has 0 saturated carbocycles. The summed E-state index contributed by atoms with van der Waals surface area (Å²) in [4.78, 5) is 5.78. The topological polar surface area (TPSA) is 53.6 Å². The molecule has 92 valence electrons. The Morgan fingerprint density at radius 3 is 2.71 bits per heavy atom. The zero-order valence-electron chi connectivity index (χ0n) is 10.7. The highest BCUT2D eigenvalue weighted by atomic mass is 32.1. The van der Waals surface area contributed by atoms with E-state index in [0.717, 1.165) is 22.9 Å². The summed E-state index contributed by atoms with van der Waals surface area (Å²) < 4.78 is 0. The number of aromatic amines is 1. The molecule has 1 atom stereocenters. The normalized spacial score (nSPS) is 12.9. The molecule has 0 saturated heterocycles. The van der Waals surface area contributed by atoms with Gasteiger partial charge in [-0.15, -0.1) is 11.3 Å². The van der Waals surface area contributed by atoms with Crippen molar-refractivity contribution in [2.24, 2.45) is 0 Å². The molecule has 1 unspecified atom stereocenters. The van der Waals surface area contributed by atoms with E-state index >= 15 is 0 Å². The number of nitrogens with zero attached hydrogens (tertiary/aromatic N) is 2. The van der Waals surface area contributed by atoms with Gasteiger partial charge in [0.15, 0.2) is 0 Å². The molecule has 17 heavy (non-hydrogen) atoms. The summed E-state index contributed by atoms with van der Waals surface area (Å²) >= 11 is 1.77. The molecule has 0 aliphatic rings. The van der Waals surface area contributed by atoms with Gasteiger partial charge in [-0.2, -0.15) is 5.10 Å². The Hall–Kier alpha value is -1.20. The molecule has 2 N–H and O–H groups in total. The van der Waals surface area contributed by atoms with Crippen molar-refractivity contribution < 1.29 is 0 Å². The summed E-state index contributed by atoms with van der Waals surface area (Å²) in [6.45, 7) is 9.17. The predicted octanol–water partition coefficient (Wildman–Crippen LogP) is 2.64. The van der Waals surface area contributed by atoms with Crippen LogP contribution in [0.15, 0.2) is 6.20 Å². The van der Waals surface area contributed by atoms with E-state index in [1.54, 1.807) is 11.3 Å². The molecule has 2 aromatic heterocycles. The van der Waals surface area contributed by atoms with Crippen molar-refractivity contribution in [3.8, 4) is 0 Å². The molecule has 2 rings (SSSR count). The van der Waals surface area contributed by atoms with Crippen LogP contribution < -0.4 is 5.32 Å². The van der Waals surface area contributed by atoms with Crippen LogP contribution in [-0.2, 0) is 6.54 Å². The fourth-order valence-corrected chi connectivity index (χ4v) is 2.81. The first kappa shape index (κ1) is 12.3. The lowest BCUT2D eigenvalue weighted by Crippen LogP contribution is -2.18. The van der Waals surface area contributed by atoms with Crippen LogP contribution in [0, 0.1) is 20.8 Å². The summed E-state index contributed by atoms with van der Waals surface area (Å²) in [5.74, 6) is 0. The van der Waals surface area contributed by atoms with Crippen molar-refractivity contribution in [2.45, 2.75) is 40.3 Å². The number of rotatable bonds is 4. The van der Waals surface area contributed by atoms with Crippen LogP contribution in [0.5, 0.6) is 0 Å². The van der Waals surface area contributed by atoms with Gasteiger partial charge >= 0.3 is 0 Å². The van der Waals surface area contributed by atoms with E-state index in [1.807, 2.05) is 20.0 Å². The van der Waals surface area contributed by atoms with Crippen molar-refractivity contribution in [2.75, 3.05) is 0 Å². The maximum Gasteiger partial charge on any atom is 0.0900 e. The third kappa shape index (κ3) is 2.73. The second-order valence-corrected chi connectivity index (χ2v) is 5.54. The molecule has 0 aromatic carbocycles. The molecular formula is C12H18N4S. The van der Waals surface area contributed by atoms with E-state index < -0.39 is 0 Å². The number of aromatic nitrogens is 3. The average molecular weight is 250 g/mol. The number of thiazole rings is 1. The minimum Gasteiger partial charge on any atom is -0.305 e. The maximum atomic E-state index is 4.45. The summed E-state index contributed by atoms with van der Waals surface area (Å²) in [6, 6.07) is 0.329. The summed E-state index contributed by atoms with van der Waals surface area (Å²) in [5, 5.41) is 11.6. The molecule has 2 heterocycles. The number of hydrogen-bond donors (Lipinski definition) is 2. The first-order valence-electron chi connectivity index (χ1n) is 5.74. The Kier molecular flexibility index (Phi) is 3.59. The molecule has 2 aromatic rings. The molecule has 5 heteroatoms. The van der Waals surface area contributed by atoms with Gasteiger partial charge in [0.05, 0.1) is 16.9 Å². The van der Waals surface area contributed by atoms with Crippen LogP contribution in [0.25, 0.3) is 0 Å². The predicted molar refractivity (Wildman–Crippen MR) is 70.2 cm³/mol. The largest absolute Gasteiger partial charge is 0.305 e. The lowest BCUT2D eigenvalue weighted by molar-refractivity contribution is 0.578. The van der Waals surface area contributed by atoms with Crippen molar-refractivity contribution >= 4 is 11.3 Å². The van der Waals surface area contributed by atoms with Crippen molar-refractivity contribution in [3.63, 3.8) is 0 Å². The van der Waals surface area contributed by atoms with Crippen LogP contribution in [0.2, 0.25) is 0 Å². The summed E-state index contributed by atoms with van der Waals surface area (Å²) in [5.41, 5.74) is 3.48. The van der Waals surface area contributed by atoms with Crippen molar-refractivity contribution in [1.82, 2.24) is 20.5 Å². The van der Waals surface area contributed by atoms with Crippen LogP contribution in [-0.4, -0.2) is 15.2 Å². The van der Waals surface area contributed by atoms with E-state index in [4.69, 9.17) is 0 Å². The summed E-state index contributed by atoms with van der Waals surface area (Å²) in [7, 11) is 0. The molecule has 4 nitrogen and oxygen atoms in total. The van der Waals surface area contributed by atoms with Gasteiger partial charge in [-0.3, -0.25) is 5.10 Å². The van der Waals surface area contributed by atoms with Gasteiger partial charge in [0, 0.05) is 28.7 Å². The lowest BCUT2D eigenvalue weighted by Gasteiger charge is -2.12. The molecule has 0 radical (unpaired) electrons. The highest BCUT2D eigenvalue weighted by Crippen LogP contribution is 2.24. The standard InChI is InChI=1S/C12H18N4S/c1-7-11(6-14-16-7)5-13-8(2)12-9(3)15-10(4)17-12/h6,8,13H,5H2,1-4H3,(H,14,16). The highest BCUT2D eigenvalue weighted by molar-refractivity contribution is 7.11. The van der Waals surface area contributed by atoms with Crippen LogP contribution in [0.1, 0.15) is 39.8 Å². The Morgan fingerprint density at radius 2 is 2.18 bits per heavy atom. The maximum absolute atomic E-state index is 4.45. The van der Waals surface area contributed by atoms with Crippen LogP contribution in [0.4, 0.5) is 0 Å². The first-order chi connectivity index (χ1) is 8.08. The molecule has 0 spiro atoms. The minimum absolute atomic E-state index is 0.329. The molecular weight excluding hydrogens is 232 g/mol. The van der Waals surface area contributed by atoms with Crippen LogP contribution in [0.3, 0.4) is 0 Å². The Bertz CT molecular complexity index is 500. The van der Waals surface area contributed by atoms with E-state index in [0.29, 0.717) is 6.04 Å². The fraction of sp³-hybridized carbons (Fsp3) is 0.500. The molecule has 0 bridgehead atoms. The molecule has 0 aliphatic carbocycles. The van der Waals surface area contributed by atoms with E-state index in [-0.39, 0.29) is 0 Å². The van der Waals surface area contributed by atoms with Crippen molar-refractivity contribution in [3.05, 3.63) is 33.0 Å². The summed E-state index contributed by atoms with van der Waals surface area (Å²) in [6.07, 6.45) is 1.87. The lowest BCUT2D eigenvalue weighted by atomic mass is 10.2. The smallest absolute Gasteiger partial charge is 0.0900 e. The Morgan fingerprint density at radius 1 is 1.41 bits per heavy atom. The highest BCUT2D eigenvalue weighted by Gasteiger charge is 2.12. The average Bonchev–Trinajstić information content (AvgIpc) is 2.81. The van der Waals surface area contributed by atoms with Gasteiger partial charge in [-0.25, -0.2) is 4.98 Å². The quantitative estimate of drug-likeness (QED) is 0.877. The van der Waals surface area contributed by atoms with E-state index in [9.17, 15) is 0 Å². The van der Waals surface area contributed by atoms with Gasteiger partial charge in [0.25, 0.3) is 0 Å². The van der Waals surface area contributed by atoms with Gasteiger partial charge in [-0.05, 0) is 27.7 Å². The Labute approximate surface area is 105 Å². The number of aryl methyl sites for hydroxylation is 3. The van der Waals surface area contributed by atoms with Crippen LogP contribution >= 0.6 is 11.3 Å². The van der Waals surface area contributed by atoms with Gasteiger partial charge < -0.3 is 5.32 Å².